The number of thiazole rings is 1. The number of aromatic nitrogens is 1. The smallest absolute Gasteiger partial charge is 0.203 e. The lowest BCUT2D eigenvalue weighted by Crippen LogP contribution is -1.92. The molecule has 0 bridgehead atoms. The summed E-state index contributed by atoms with van der Waals surface area (Å²) in [4.78, 5) is 4.25. The van der Waals surface area contributed by atoms with E-state index >= 15 is 0 Å². The van der Waals surface area contributed by atoms with Gasteiger partial charge >= 0.3 is 0 Å². The van der Waals surface area contributed by atoms with Crippen LogP contribution in [0.3, 0.4) is 0 Å². The van der Waals surface area contributed by atoms with Crippen molar-refractivity contribution >= 4 is 22.7 Å². The van der Waals surface area contributed by atoms with Gasteiger partial charge < -0.3 is 4.74 Å². The minimum atomic E-state index is 0.679. The van der Waals surface area contributed by atoms with Gasteiger partial charge in [-0.3, -0.25) is 5.43 Å². The molecule has 0 saturated carbocycles. The highest BCUT2D eigenvalue weighted by Gasteiger charge is 1.95. The van der Waals surface area contributed by atoms with Gasteiger partial charge in [0.25, 0.3) is 0 Å². The molecule has 0 aliphatic carbocycles. The molecule has 0 radical (unpaired) electrons. The van der Waals surface area contributed by atoms with Gasteiger partial charge in [-0.25, -0.2) is 4.98 Å². The fourth-order valence-electron chi connectivity index (χ4n) is 1.38. The topological polar surface area (TPSA) is 46.5 Å². The molecule has 4 nitrogen and oxygen atoms in total. The van der Waals surface area contributed by atoms with E-state index in [1.54, 1.807) is 6.21 Å². The number of nitrogens with one attached hydrogen (secondary N) is 1. The predicted molar refractivity (Wildman–Crippen MR) is 75.7 cm³/mol. The zero-order chi connectivity index (χ0) is 12.8. The Morgan fingerprint density at radius 2 is 2.17 bits per heavy atom. The fraction of sp³-hybridized carbons (Fsp3) is 0.231. The molecule has 2 rings (SSSR count). The third-order valence-corrected chi connectivity index (χ3v) is 3.05. The lowest BCUT2D eigenvalue weighted by molar-refractivity contribution is 0.340. The summed E-state index contributed by atoms with van der Waals surface area (Å²) in [6, 6.07) is 7.78. The van der Waals surface area contributed by atoms with Crippen molar-refractivity contribution < 1.29 is 4.74 Å². The summed E-state index contributed by atoms with van der Waals surface area (Å²) >= 11 is 1.54. The van der Waals surface area contributed by atoms with Crippen LogP contribution >= 0.6 is 11.3 Å². The first-order chi connectivity index (χ1) is 8.78. The molecule has 0 spiro atoms. The number of hydrogen-bond donors (Lipinski definition) is 1. The number of rotatable bonds is 5. The Morgan fingerprint density at radius 3 is 2.78 bits per heavy atom. The molecule has 0 amide bonds. The summed E-state index contributed by atoms with van der Waals surface area (Å²) in [5.41, 5.74) is 4.91. The summed E-state index contributed by atoms with van der Waals surface area (Å²) in [5, 5.41) is 6.91. The second-order valence-electron chi connectivity index (χ2n) is 3.67. The molecule has 0 aliphatic rings. The van der Waals surface area contributed by atoms with Crippen molar-refractivity contribution in [1.82, 2.24) is 4.98 Å². The fourth-order valence-corrected chi connectivity index (χ4v) is 2.02. The average Bonchev–Trinajstić information content (AvgIpc) is 2.78. The van der Waals surface area contributed by atoms with E-state index in [2.05, 4.69) is 15.5 Å². The maximum Gasteiger partial charge on any atom is 0.203 e. The molecule has 1 aromatic carbocycles. The number of benzene rings is 1. The van der Waals surface area contributed by atoms with Gasteiger partial charge in [0.05, 0.1) is 18.5 Å². The van der Waals surface area contributed by atoms with E-state index in [4.69, 9.17) is 4.74 Å². The van der Waals surface area contributed by atoms with Gasteiger partial charge in [-0.1, -0.05) is 0 Å². The summed E-state index contributed by atoms with van der Waals surface area (Å²) < 4.78 is 5.37. The van der Waals surface area contributed by atoms with Gasteiger partial charge in [0.2, 0.25) is 5.13 Å². The van der Waals surface area contributed by atoms with Crippen molar-refractivity contribution in [3.63, 3.8) is 0 Å². The third kappa shape index (κ3) is 3.56. The number of nitrogens with zero attached hydrogens (tertiary/aromatic N) is 2. The highest BCUT2D eigenvalue weighted by Crippen LogP contribution is 2.14. The Kier molecular flexibility index (Phi) is 4.30. The number of hydrazone groups is 1. The molecule has 2 aromatic rings. The van der Waals surface area contributed by atoms with Crippen molar-refractivity contribution in [3.8, 4) is 5.75 Å². The average molecular weight is 261 g/mol. The Balaban J connectivity index is 1.92. The van der Waals surface area contributed by atoms with Gasteiger partial charge in [0.1, 0.15) is 5.75 Å². The summed E-state index contributed by atoms with van der Waals surface area (Å²) in [6.07, 6.45) is 1.76. The number of aryl methyl sites for hydroxylation is 1. The van der Waals surface area contributed by atoms with Crippen molar-refractivity contribution in [3.05, 3.63) is 40.9 Å². The van der Waals surface area contributed by atoms with E-state index in [0.29, 0.717) is 6.61 Å². The third-order valence-electron chi connectivity index (χ3n) is 2.18. The Bertz CT molecular complexity index is 519. The highest BCUT2D eigenvalue weighted by atomic mass is 32.1. The van der Waals surface area contributed by atoms with Crippen LogP contribution in [-0.4, -0.2) is 17.8 Å². The predicted octanol–water partition coefficient (Wildman–Crippen LogP) is 3.30. The molecule has 1 aromatic heterocycles. The minimum absolute atomic E-state index is 0.679. The van der Waals surface area contributed by atoms with Crippen LogP contribution in [-0.2, 0) is 0 Å². The van der Waals surface area contributed by atoms with Crippen LogP contribution in [0.15, 0.2) is 34.7 Å². The molecule has 94 valence electrons. The molecule has 0 saturated heterocycles. The molecule has 0 unspecified atom stereocenters. The summed E-state index contributed by atoms with van der Waals surface area (Å²) in [6.45, 7) is 4.60. The summed E-state index contributed by atoms with van der Waals surface area (Å²) in [7, 11) is 0. The van der Waals surface area contributed by atoms with Crippen LogP contribution in [0.1, 0.15) is 18.2 Å². The van der Waals surface area contributed by atoms with E-state index < -0.39 is 0 Å². The summed E-state index contributed by atoms with van der Waals surface area (Å²) in [5.74, 6) is 0.873. The minimum Gasteiger partial charge on any atom is -0.494 e. The van der Waals surface area contributed by atoms with Crippen molar-refractivity contribution in [2.45, 2.75) is 13.8 Å². The normalized spacial score (nSPS) is 10.8. The number of anilines is 1. The van der Waals surface area contributed by atoms with Crippen LogP contribution in [0.4, 0.5) is 5.13 Å². The zero-order valence-corrected chi connectivity index (χ0v) is 11.2. The van der Waals surface area contributed by atoms with Crippen LogP contribution in [0, 0.1) is 6.92 Å². The van der Waals surface area contributed by atoms with Gasteiger partial charge in [0.15, 0.2) is 0 Å². The van der Waals surface area contributed by atoms with Gasteiger partial charge in [-0.15, -0.1) is 11.3 Å². The first kappa shape index (κ1) is 12.6. The number of ether oxygens (including phenoxy) is 1. The molecule has 5 heteroatoms. The molecule has 1 heterocycles. The van der Waals surface area contributed by atoms with Crippen LogP contribution in [0.2, 0.25) is 0 Å². The lowest BCUT2D eigenvalue weighted by atomic mass is 10.2. The van der Waals surface area contributed by atoms with Gasteiger partial charge in [-0.05, 0) is 43.7 Å². The Hall–Kier alpha value is -1.88. The Labute approximate surface area is 110 Å². The first-order valence-corrected chi connectivity index (χ1v) is 6.60. The van der Waals surface area contributed by atoms with Crippen LogP contribution < -0.4 is 10.2 Å². The number of hydrogen-bond acceptors (Lipinski definition) is 5. The molecule has 0 fully saturated rings. The van der Waals surface area contributed by atoms with E-state index in [0.717, 1.165) is 22.1 Å². The lowest BCUT2D eigenvalue weighted by Gasteiger charge is -2.01. The van der Waals surface area contributed by atoms with E-state index in [-0.39, 0.29) is 0 Å². The largest absolute Gasteiger partial charge is 0.494 e. The molecular formula is C13H15N3OS. The van der Waals surface area contributed by atoms with E-state index in [1.807, 2.05) is 43.5 Å². The second-order valence-corrected chi connectivity index (χ2v) is 4.52. The molecule has 18 heavy (non-hydrogen) atoms. The van der Waals surface area contributed by atoms with Gasteiger partial charge in [-0.2, -0.15) is 5.10 Å². The first-order valence-electron chi connectivity index (χ1n) is 5.72. The Morgan fingerprint density at radius 1 is 1.39 bits per heavy atom. The molecule has 0 atom stereocenters. The monoisotopic (exact) mass is 261 g/mol. The highest BCUT2D eigenvalue weighted by molar-refractivity contribution is 7.13. The maximum atomic E-state index is 5.37. The zero-order valence-electron chi connectivity index (χ0n) is 10.4. The van der Waals surface area contributed by atoms with Crippen LogP contribution in [0.5, 0.6) is 5.75 Å². The van der Waals surface area contributed by atoms with E-state index in [1.165, 1.54) is 11.3 Å². The standard InChI is InChI=1S/C13H15N3OS/c1-3-17-12-6-4-11(5-7-12)8-14-16-13-15-10(2)9-18-13/h4-9H,3H2,1-2H3,(H,15,16)/b14-8-. The SMILES string of the molecule is CCOc1ccc(/C=N\Nc2nc(C)cs2)cc1. The second kappa shape index (κ2) is 6.16. The molecule has 1 N–H and O–H groups in total. The van der Waals surface area contributed by atoms with Crippen molar-refractivity contribution in [2.75, 3.05) is 12.0 Å². The maximum absolute atomic E-state index is 5.37. The van der Waals surface area contributed by atoms with Gasteiger partial charge in [0, 0.05) is 5.38 Å². The van der Waals surface area contributed by atoms with E-state index in [9.17, 15) is 0 Å². The molecular weight excluding hydrogens is 246 g/mol. The molecule has 0 aliphatic heterocycles. The van der Waals surface area contributed by atoms with Crippen LogP contribution in [0.25, 0.3) is 0 Å². The van der Waals surface area contributed by atoms with Crippen molar-refractivity contribution in [1.29, 1.82) is 0 Å². The quantitative estimate of drug-likeness (QED) is 0.663. The van der Waals surface area contributed by atoms with Crippen molar-refractivity contribution in [2.24, 2.45) is 5.10 Å².